The van der Waals surface area contributed by atoms with Crippen LogP contribution in [-0.4, -0.2) is 16.1 Å². The fraction of sp³-hybridized carbons (Fsp3) is 0.143. The Labute approximate surface area is 104 Å². The summed E-state index contributed by atoms with van der Waals surface area (Å²) in [5.41, 5.74) is 2.94. The average Bonchev–Trinajstić information content (AvgIpc) is 2.27. The Morgan fingerprint density at radius 2 is 1.67 bits per heavy atom. The van der Waals surface area contributed by atoms with Gasteiger partial charge in [-0.15, -0.1) is 0 Å². The molecule has 0 amide bonds. The summed E-state index contributed by atoms with van der Waals surface area (Å²) >= 11 is 0. The number of nitrogens with one attached hydrogen (secondary N) is 1. The quantitative estimate of drug-likeness (QED) is 0.850. The van der Waals surface area contributed by atoms with Crippen molar-refractivity contribution in [1.82, 2.24) is 4.98 Å². The van der Waals surface area contributed by atoms with Crippen LogP contribution in [0, 0.1) is 13.8 Å². The smallest absolute Gasteiger partial charge is 0.341 e. The molecule has 0 aliphatic heterocycles. The topological polar surface area (TPSA) is 70.2 Å². The molecule has 0 atom stereocenters. The molecule has 0 aliphatic carbocycles. The van der Waals surface area contributed by atoms with Gasteiger partial charge >= 0.3 is 5.97 Å². The van der Waals surface area contributed by atoms with Crippen molar-refractivity contribution in [2.45, 2.75) is 13.8 Å². The fourth-order valence-electron chi connectivity index (χ4n) is 1.95. The summed E-state index contributed by atoms with van der Waals surface area (Å²) in [7, 11) is 0. The van der Waals surface area contributed by atoms with Crippen molar-refractivity contribution in [3.8, 4) is 11.1 Å². The van der Waals surface area contributed by atoms with E-state index in [0.29, 0.717) is 5.56 Å². The van der Waals surface area contributed by atoms with Crippen molar-refractivity contribution >= 4 is 5.97 Å². The van der Waals surface area contributed by atoms with Crippen molar-refractivity contribution in [2.75, 3.05) is 0 Å². The molecule has 2 N–H and O–H groups in total. The van der Waals surface area contributed by atoms with Crippen LogP contribution in [0.1, 0.15) is 21.5 Å². The molecule has 2 rings (SSSR count). The van der Waals surface area contributed by atoms with Crippen LogP contribution in [0.5, 0.6) is 0 Å². The number of H-pyrrole nitrogens is 1. The lowest BCUT2D eigenvalue weighted by Crippen LogP contribution is -2.16. The molecule has 0 spiro atoms. The summed E-state index contributed by atoms with van der Waals surface area (Å²) in [5, 5.41) is 8.93. The molecular weight excluding hydrogens is 230 g/mol. The summed E-state index contributed by atoms with van der Waals surface area (Å²) in [4.78, 5) is 24.7. The van der Waals surface area contributed by atoms with Crippen molar-refractivity contribution in [3.63, 3.8) is 0 Å². The first-order chi connectivity index (χ1) is 8.47. The summed E-state index contributed by atoms with van der Waals surface area (Å²) in [6, 6.07) is 7.33. The zero-order chi connectivity index (χ0) is 13.3. The van der Waals surface area contributed by atoms with Crippen LogP contribution < -0.4 is 5.56 Å². The third-order valence-corrected chi connectivity index (χ3v) is 2.69. The molecule has 0 fully saturated rings. The number of carboxylic acid groups (broad SMARTS) is 1. The lowest BCUT2D eigenvalue weighted by atomic mass is 10.0. The van der Waals surface area contributed by atoms with E-state index in [1.54, 1.807) is 0 Å². The highest BCUT2D eigenvalue weighted by atomic mass is 16.4. The van der Waals surface area contributed by atoms with E-state index in [1.807, 2.05) is 32.0 Å². The molecule has 1 heterocycles. The van der Waals surface area contributed by atoms with Gasteiger partial charge in [-0.25, -0.2) is 4.79 Å². The minimum Gasteiger partial charge on any atom is -0.477 e. The van der Waals surface area contributed by atoms with E-state index in [4.69, 9.17) is 5.11 Å². The van der Waals surface area contributed by atoms with E-state index < -0.39 is 11.5 Å². The maximum absolute atomic E-state index is 11.3. The maximum atomic E-state index is 11.3. The molecule has 0 bridgehead atoms. The van der Waals surface area contributed by atoms with Crippen LogP contribution in [0.2, 0.25) is 0 Å². The van der Waals surface area contributed by atoms with Gasteiger partial charge in [0.05, 0.1) is 0 Å². The van der Waals surface area contributed by atoms with Crippen molar-refractivity contribution in [2.24, 2.45) is 0 Å². The number of hydrogen-bond donors (Lipinski definition) is 2. The number of rotatable bonds is 2. The third-order valence-electron chi connectivity index (χ3n) is 2.69. The maximum Gasteiger partial charge on any atom is 0.341 e. The highest BCUT2D eigenvalue weighted by Gasteiger charge is 2.10. The Hall–Kier alpha value is -2.36. The van der Waals surface area contributed by atoms with Gasteiger partial charge in [-0.1, -0.05) is 29.3 Å². The molecule has 1 aromatic heterocycles. The number of carboxylic acids is 1. The number of pyridine rings is 1. The van der Waals surface area contributed by atoms with Gasteiger partial charge in [-0.2, -0.15) is 0 Å². The van der Waals surface area contributed by atoms with Crippen molar-refractivity contribution in [3.05, 3.63) is 57.5 Å². The van der Waals surface area contributed by atoms with E-state index in [1.165, 1.54) is 12.3 Å². The number of aryl methyl sites for hydroxylation is 2. The number of carbonyl (C=O) groups is 1. The molecular formula is C14H13NO3. The van der Waals surface area contributed by atoms with E-state index in [2.05, 4.69) is 4.98 Å². The minimum absolute atomic E-state index is 0.244. The second-order valence-corrected chi connectivity index (χ2v) is 4.31. The second-order valence-electron chi connectivity index (χ2n) is 4.31. The molecule has 0 unspecified atom stereocenters. The van der Waals surface area contributed by atoms with Gasteiger partial charge in [0.15, 0.2) is 0 Å². The summed E-state index contributed by atoms with van der Waals surface area (Å²) in [6.45, 7) is 3.95. The Kier molecular flexibility index (Phi) is 3.02. The number of aromatic nitrogens is 1. The highest BCUT2D eigenvalue weighted by Crippen LogP contribution is 2.21. The van der Waals surface area contributed by atoms with Gasteiger partial charge in [0.25, 0.3) is 5.56 Å². The normalized spacial score (nSPS) is 10.3. The predicted molar refractivity (Wildman–Crippen MR) is 68.9 cm³/mol. The van der Waals surface area contributed by atoms with Gasteiger partial charge in [0, 0.05) is 6.20 Å². The number of hydrogen-bond acceptors (Lipinski definition) is 2. The van der Waals surface area contributed by atoms with Crippen LogP contribution in [0.25, 0.3) is 11.1 Å². The second kappa shape index (κ2) is 4.49. The molecule has 1 aromatic carbocycles. The van der Waals surface area contributed by atoms with Crippen LogP contribution in [0.15, 0.2) is 35.3 Å². The molecule has 0 saturated heterocycles. The van der Waals surface area contributed by atoms with Gasteiger partial charge in [0.1, 0.15) is 5.56 Å². The molecule has 2 aromatic rings. The van der Waals surface area contributed by atoms with E-state index in [-0.39, 0.29) is 5.56 Å². The van der Waals surface area contributed by atoms with Gasteiger partial charge < -0.3 is 10.1 Å². The molecule has 92 valence electrons. The Morgan fingerprint density at radius 3 is 2.22 bits per heavy atom. The standard InChI is InChI=1S/C14H13NO3/c1-8-3-9(2)5-10(4-8)11-6-12(14(17)18)13(16)15-7-11/h3-7H,1-2H3,(H,15,16)(H,17,18). The van der Waals surface area contributed by atoms with Crippen molar-refractivity contribution < 1.29 is 9.90 Å². The first-order valence-electron chi connectivity index (χ1n) is 5.52. The Bertz CT molecular complexity index is 651. The zero-order valence-corrected chi connectivity index (χ0v) is 10.2. The zero-order valence-electron chi connectivity index (χ0n) is 10.2. The fourth-order valence-corrected chi connectivity index (χ4v) is 1.95. The first kappa shape index (κ1) is 12.1. The van der Waals surface area contributed by atoms with Crippen molar-refractivity contribution in [1.29, 1.82) is 0 Å². The predicted octanol–water partition coefficient (Wildman–Crippen LogP) is 2.36. The summed E-state index contributed by atoms with van der Waals surface area (Å²) < 4.78 is 0. The largest absolute Gasteiger partial charge is 0.477 e. The van der Waals surface area contributed by atoms with E-state index in [0.717, 1.165) is 16.7 Å². The Balaban J connectivity index is 2.61. The average molecular weight is 243 g/mol. The van der Waals surface area contributed by atoms with Crippen LogP contribution in [0.3, 0.4) is 0 Å². The van der Waals surface area contributed by atoms with Crippen LogP contribution in [0.4, 0.5) is 0 Å². The molecule has 0 aliphatic rings. The molecule has 18 heavy (non-hydrogen) atoms. The van der Waals surface area contributed by atoms with Gasteiger partial charge in [-0.3, -0.25) is 4.79 Å². The summed E-state index contributed by atoms with van der Waals surface area (Å²) in [5.74, 6) is -1.22. The molecule has 4 nitrogen and oxygen atoms in total. The van der Waals surface area contributed by atoms with Crippen LogP contribution in [-0.2, 0) is 0 Å². The minimum atomic E-state index is -1.22. The number of aromatic amines is 1. The SMILES string of the molecule is Cc1cc(C)cc(-c2c[nH]c(=O)c(C(=O)O)c2)c1. The van der Waals surface area contributed by atoms with E-state index in [9.17, 15) is 9.59 Å². The first-order valence-corrected chi connectivity index (χ1v) is 5.52. The molecule has 0 saturated carbocycles. The third kappa shape index (κ3) is 2.32. The lowest BCUT2D eigenvalue weighted by molar-refractivity contribution is 0.0695. The summed E-state index contributed by atoms with van der Waals surface area (Å²) in [6.07, 6.45) is 1.53. The number of aromatic carboxylic acids is 1. The highest BCUT2D eigenvalue weighted by molar-refractivity contribution is 5.88. The monoisotopic (exact) mass is 243 g/mol. The molecule has 4 heteroatoms. The van der Waals surface area contributed by atoms with E-state index >= 15 is 0 Å². The van der Waals surface area contributed by atoms with Gasteiger partial charge in [0.2, 0.25) is 0 Å². The van der Waals surface area contributed by atoms with Crippen LogP contribution >= 0.6 is 0 Å². The lowest BCUT2D eigenvalue weighted by Gasteiger charge is -2.05. The molecule has 0 radical (unpaired) electrons. The Morgan fingerprint density at radius 1 is 1.06 bits per heavy atom. The van der Waals surface area contributed by atoms with Gasteiger partial charge in [-0.05, 0) is 31.0 Å². The number of benzene rings is 1.